The fourth-order valence-corrected chi connectivity index (χ4v) is 3.15. The maximum absolute atomic E-state index is 12.2. The van der Waals surface area contributed by atoms with Gasteiger partial charge < -0.3 is 14.9 Å². The van der Waals surface area contributed by atoms with Gasteiger partial charge in [-0.3, -0.25) is 19.8 Å². The van der Waals surface area contributed by atoms with Crippen LogP contribution in [0.25, 0.3) is 0 Å². The molecule has 2 N–H and O–H groups in total. The molecule has 1 amide bonds. The first kappa shape index (κ1) is 17.5. The second kappa shape index (κ2) is 6.23. The predicted octanol–water partition coefficient (Wildman–Crippen LogP) is 0.659. The van der Waals surface area contributed by atoms with Gasteiger partial charge in [0.1, 0.15) is 5.76 Å². The standard InChI is InChI=1S/C16H14N2O8/c1-7(19)12-10-6-11(20)13(17(10)14(12)21)16(23)26-15(22)8-2-4-9(5-3-8)18(24)25/h2-5,7,10,12,19-20H,6H2,1H3/t7-,10-,12-/m1/s1. The number of carbonyl (C=O) groups excluding carboxylic acids is 3. The number of non-ortho nitro benzene ring substituents is 1. The van der Waals surface area contributed by atoms with Crippen LogP contribution in [0.2, 0.25) is 0 Å². The topological polar surface area (TPSA) is 147 Å². The average molecular weight is 362 g/mol. The highest BCUT2D eigenvalue weighted by atomic mass is 16.6. The van der Waals surface area contributed by atoms with E-state index in [0.717, 1.165) is 29.2 Å². The van der Waals surface area contributed by atoms with Gasteiger partial charge in [0, 0.05) is 18.6 Å². The summed E-state index contributed by atoms with van der Waals surface area (Å²) in [7, 11) is 0. The molecule has 0 spiro atoms. The van der Waals surface area contributed by atoms with Gasteiger partial charge in [-0.25, -0.2) is 9.59 Å². The largest absolute Gasteiger partial charge is 0.510 e. The summed E-state index contributed by atoms with van der Waals surface area (Å²) >= 11 is 0. The van der Waals surface area contributed by atoms with Crippen molar-refractivity contribution in [3.8, 4) is 0 Å². The minimum absolute atomic E-state index is 0.0164. The van der Waals surface area contributed by atoms with Crippen molar-refractivity contribution >= 4 is 23.5 Å². The van der Waals surface area contributed by atoms with Gasteiger partial charge >= 0.3 is 11.9 Å². The van der Waals surface area contributed by atoms with Crippen LogP contribution in [0.5, 0.6) is 0 Å². The van der Waals surface area contributed by atoms with Crippen molar-refractivity contribution < 1.29 is 34.3 Å². The molecule has 10 heteroatoms. The number of aliphatic hydroxyl groups excluding tert-OH is 2. The van der Waals surface area contributed by atoms with Gasteiger partial charge in [-0.15, -0.1) is 0 Å². The third-order valence-electron chi connectivity index (χ3n) is 4.40. The highest BCUT2D eigenvalue weighted by molar-refractivity contribution is 6.06. The molecule has 26 heavy (non-hydrogen) atoms. The molecule has 1 fully saturated rings. The minimum Gasteiger partial charge on any atom is -0.510 e. The van der Waals surface area contributed by atoms with Crippen LogP contribution in [-0.4, -0.2) is 50.0 Å². The van der Waals surface area contributed by atoms with Gasteiger partial charge in [-0.1, -0.05) is 0 Å². The molecule has 2 heterocycles. The molecule has 3 rings (SSSR count). The monoisotopic (exact) mass is 362 g/mol. The van der Waals surface area contributed by atoms with E-state index >= 15 is 0 Å². The van der Waals surface area contributed by atoms with Gasteiger partial charge in [-0.05, 0) is 19.1 Å². The summed E-state index contributed by atoms with van der Waals surface area (Å²) in [5, 5.41) is 30.1. The van der Waals surface area contributed by atoms with Crippen molar-refractivity contribution in [3.05, 3.63) is 51.4 Å². The molecule has 3 atom stereocenters. The van der Waals surface area contributed by atoms with E-state index < -0.39 is 52.3 Å². The molecule has 2 aliphatic heterocycles. The number of ether oxygens (including phenoxy) is 1. The first-order chi connectivity index (χ1) is 12.2. The lowest BCUT2D eigenvalue weighted by Crippen LogP contribution is -2.61. The number of benzene rings is 1. The van der Waals surface area contributed by atoms with E-state index in [4.69, 9.17) is 0 Å². The summed E-state index contributed by atoms with van der Waals surface area (Å²) in [6, 6.07) is 3.85. The van der Waals surface area contributed by atoms with E-state index in [0.29, 0.717) is 0 Å². The molecule has 1 aromatic carbocycles. The van der Waals surface area contributed by atoms with Gasteiger partial charge in [-0.2, -0.15) is 0 Å². The summed E-state index contributed by atoms with van der Waals surface area (Å²) < 4.78 is 4.67. The first-order valence-electron chi connectivity index (χ1n) is 7.66. The number of fused-ring (bicyclic) bond motifs is 1. The van der Waals surface area contributed by atoms with E-state index in [1.54, 1.807) is 0 Å². The van der Waals surface area contributed by atoms with Crippen LogP contribution in [0, 0.1) is 16.0 Å². The second-order valence-corrected chi connectivity index (χ2v) is 6.02. The lowest BCUT2D eigenvalue weighted by atomic mass is 9.83. The van der Waals surface area contributed by atoms with E-state index in [9.17, 15) is 34.7 Å². The molecule has 10 nitrogen and oxygen atoms in total. The number of rotatable bonds is 4. The normalized spacial score (nSPS) is 22.5. The van der Waals surface area contributed by atoms with Crippen LogP contribution < -0.4 is 0 Å². The van der Waals surface area contributed by atoms with Crippen molar-refractivity contribution in [2.24, 2.45) is 5.92 Å². The number of nitrogens with zero attached hydrogens (tertiary/aromatic N) is 2. The maximum atomic E-state index is 12.2. The zero-order valence-corrected chi connectivity index (χ0v) is 13.5. The Bertz CT molecular complexity index is 842. The Balaban J connectivity index is 1.72. The van der Waals surface area contributed by atoms with Crippen LogP contribution in [0.1, 0.15) is 23.7 Å². The Hall–Kier alpha value is -3.27. The number of esters is 2. The summed E-state index contributed by atoms with van der Waals surface area (Å²) in [5.74, 6) is -3.94. The number of hydrogen-bond donors (Lipinski definition) is 2. The summed E-state index contributed by atoms with van der Waals surface area (Å²) in [4.78, 5) is 47.2. The first-order valence-corrected chi connectivity index (χ1v) is 7.66. The molecule has 136 valence electrons. The van der Waals surface area contributed by atoms with Gasteiger partial charge in [0.15, 0.2) is 5.70 Å². The SMILES string of the molecule is C[C@@H](O)[C@H]1C(=O)N2C(C(=O)OC(=O)c3ccc([N+](=O)[O-])cc3)=C(O)C[C@H]12. The van der Waals surface area contributed by atoms with E-state index in [1.807, 2.05) is 0 Å². The molecule has 0 aromatic heterocycles. The molecule has 0 unspecified atom stereocenters. The lowest BCUT2D eigenvalue weighted by molar-refractivity contribution is -0.384. The van der Waals surface area contributed by atoms with E-state index in [-0.39, 0.29) is 17.7 Å². The number of carbonyl (C=O) groups is 3. The van der Waals surface area contributed by atoms with Crippen LogP contribution in [-0.2, 0) is 14.3 Å². The van der Waals surface area contributed by atoms with Crippen LogP contribution >= 0.6 is 0 Å². The van der Waals surface area contributed by atoms with Crippen molar-refractivity contribution in [2.75, 3.05) is 0 Å². The van der Waals surface area contributed by atoms with Crippen molar-refractivity contribution in [1.82, 2.24) is 4.90 Å². The van der Waals surface area contributed by atoms with Gasteiger partial charge in [0.05, 0.1) is 28.6 Å². The van der Waals surface area contributed by atoms with Crippen molar-refractivity contribution in [1.29, 1.82) is 0 Å². The van der Waals surface area contributed by atoms with Gasteiger partial charge in [0.25, 0.3) is 5.69 Å². The Labute approximate surface area is 146 Å². The number of β-lactam (4-membered cyclic amide) rings is 1. The fourth-order valence-electron chi connectivity index (χ4n) is 3.15. The van der Waals surface area contributed by atoms with Crippen molar-refractivity contribution in [2.45, 2.75) is 25.5 Å². The Morgan fingerprint density at radius 3 is 2.46 bits per heavy atom. The van der Waals surface area contributed by atoms with Crippen molar-refractivity contribution in [3.63, 3.8) is 0 Å². The summed E-state index contributed by atoms with van der Waals surface area (Å²) in [5.41, 5.74) is -0.759. The average Bonchev–Trinajstić information content (AvgIpc) is 2.87. The summed E-state index contributed by atoms with van der Waals surface area (Å²) in [6.45, 7) is 1.44. The quantitative estimate of drug-likeness (QED) is 0.261. The maximum Gasteiger partial charge on any atom is 0.366 e. The third-order valence-corrected chi connectivity index (χ3v) is 4.40. The number of amides is 1. The van der Waals surface area contributed by atoms with Gasteiger partial charge in [0.2, 0.25) is 5.91 Å². The molecular formula is C16H14N2O8. The van der Waals surface area contributed by atoms with Crippen LogP contribution in [0.4, 0.5) is 5.69 Å². The molecule has 0 bridgehead atoms. The highest BCUT2D eigenvalue weighted by Crippen LogP contribution is 2.43. The lowest BCUT2D eigenvalue weighted by Gasteiger charge is -2.44. The molecule has 2 aliphatic rings. The summed E-state index contributed by atoms with van der Waals surface area (Å²) in [6.07, 6.45) is -0.953. The zero-order chi connectivity index (χ0) is 19.2. The minimum atomic E-state index is -1.20. The van der Waals surface area contributed by atoms with E-state index in [1.165, 1.54) is 6.92 Å². The van der Waals surface area contributed by atoms with Crippen LogP contribution in [0.15, 0.2) is 35.7 Å². The molecular weight excluding hydrogens is 348 g/mol. The number of aliphatic hydroxyl groups is 2. The number of hydrogen-bond acceptors (Lipinski definition) is 8. The molecule has 0 aliphatic carbocycles. The highest BCUT2D eigenvalue weighted by Gasteiger charge is 2.57. The predicted molar refractivity (Wildman–Crippen MR) is 83.6 cm³/mol. The molecule has 0 saturated carbocycles. The Morgan fingerprint density at radius 1 is 1.31 bits per heavy atom. The fraction of sp³-hybridized carbons (Fsp3) is 0.312. The third kappa shape index (κ3) is 2.69. The van der Waals surface area contributed by atoms with Crippen LogP contribution in [0.3, 0.4) is 0 Å². The number of nitro benzene ring substituents is 1. The molecule has 1 saturated heterocycles. The molecule has 0 radical (unpaired) electrons. The molecule has 1 aromatic rings. The smallest absolute Gasteiger partial charge is 0.366 e. The Morgan fingerprint density at radius 2 is 1.92 bits per heavy atom. The zero-order valence-electron chi connectivity index (χ0n) is 13.5. The second-order valence-electron chi connectivity index (χ2n) is 6.02. The van der Waals surface area contributed by atoms with E-state index in [2.05, 4.69) is 4.74 Å². The number of nitro groups is 1. The Kier molecular flexibility index (Phi) is 4.20.